The number of rotatable bonds is 4. The molecule has 1 amide bonds. The van der Waals surface area contributed by atoms with Gasteiger partial charge in [0.05, 0.1) is 13.0 Å². The molecule has 3 rings (SSSR count). The lowest BCUT2D eigenvalue weighted by Crippen LogP contribution is -2.27. The number of carbonyl (C=O) groups is 2. The van der Waals surface area contributed by atoms with Crippen molar-refractivity contribution in [3.8, 4) is 11.5 Å². The Labute approximate surface area is 144 Å². The number of halogens is 1. The van der Waals surface area contributed by atoms with Crippen LogP contribution in [0.25, 0.3) is 0 Å². The molecule has 0 bridgehead atoms. The molecular weight excluding hydrogens is 330 g/mol. The predicted octanol–water partition coefficient (Wildman–Crippen LogP) is 3.31. The summed E-state index contributed by atoms with van der Waals surface area (Å²) in [7, 11) is 1.51. The molecule has 0 aliphatic carbocycles. The molecule has 0 aromatic heterocycles. The van der Waals surface area contributed by atoms with Crippen molar-refractivity contribution in [3.63, 3.8) is 0 Å². The Balaban J connectivity index is 1.71. The van der Waals surface area contributed by atoms with Crippen molar-refractivity contribution in [2.24, 2.45) is 5.92 Å². The lowest BCUT2D eigenvalue weighted by Gasteiger charge is -2.16. The molecular formula is C18H16ClNO4. The molecule has 0 saturated carbocycles. The number of nitrogens with zero attached hydrogens (tertiary/aromatic N) is 1. The van der Waals surface area contributed by atoms with E-state index in [1.807, 2.05) is 0 Å². The molecule has 2 aromatic rings. The Kier molecular flexibility index (Phi) is 4.71. The summed E-state index contributed by atoms with van der Waals surface area (Å²) in [5.74, 6) is -0.242. The summed E-state index contributed by atoms with van der Waals surface area (Å²) in [5, 5.41) is 0.595. The quantitative estimate of drug-likeness (QED) is 0.630. The standard InChI is InChI=1S/C18H16ClNO4/c1-23-15-4-2-3-5-16(15)24-18(22)12-10-17(21)20(11-12)14-8-6-13(19)7-9-14/h2-9,12H,10-11H2,1H3/t12-/m1/s1. The van der Waals surface area contributed by atoms with Gasteiger partial charge in [0.15, 0.2) is 11.5 Å². The number of esters is 1. The van der Waals surface area contributed by atoms with E-state index in [9.17, 15) is 9.59 Å². The van der Waals surface area contributed by atoms with Gasteiger partial charge in [-0.25, -0.2) is 0 Å². The number of hydrogen-bond acceptors (Lipinski definition) is 4. The molecule has 1 fully saturated rings. The van der Waals surface area contributed by atoms with Crippen LogP contribution in [0.1, 0.15) is 6.42 Å². The maximum absolute atomic E-state index is 12.4. The van der Waals surface area contributed by atoms with E-state index in [0.717, 1.165) is 5.69 Å². The number of amides is 1. The number of hydrogen-bond donors (Lipinski definition) is 0. The fraction of sp³-hybridized carbons (Fsp3) is 0.222. The monoisotopic (exact) mass is 345 g/mol. The number of carbonyl (C=O) groups excluding carboxylic acids is 2. The number of para-hydroxylation sites is 2. The molecule has 0 unspecified atom stereocenters. The lowest BCUT2D eigenvalue weighted by molar-refractivity contribution is -0.139. The molecule has 1 aliphatic rings. The van der Waals surface area contributed by atoms with E-state index < -0.39 is 11.9 Å². The maximum atomic E-state index is 12.4. The average Bonchev–Trinajstić information content (AvgIpc) is 2.98. The van der Waals surface area contributed by atoms with Crippen molar-refractivity contribution in [1.29, 1.82) is 0 Å². The van der Waals surface area contributed by atoms with Crippen molar-refractivity contribution in [2.45, 2.75) is 6.42 Å². The summed E-state index contributed by atoms with van der Waals surface area (Å²) in [6.45, 7) is 0.286. The Morgan fingerprint density at radius 1 is 1.12 bits per heavy atom. The van der Waals surface area contributed by atoms with Crippen molar-refractivity contribution in [3.05, 3.63) is 53.6 Å². The highest BCUT2D eigenvalue weighted by Crippen LogP contribution is 2.30. The Bertz CT molecular complexity index is 760. The van der Waals surface area contributed by atoms with Crippen molar-refractivity contribution >= 4 is 29.2 Å². The molecule has 0 spiro atoms. The van der Waals surface area contributed by atoms with Crippen LogP contribution < -0.4 is 14.4 Å². The summed E-state index contributed by atoms with van der Waals surface area (Å²) < 4.78 is 10.6. The van der Waals surface area contributed by atoms with Gasteiger partial charge in [-0.15, -0.1) is 0 Å². The van der Waals surface area contributed by atoms with E-state index in [-0.39, 0.29) is 18.9 Å². The topological polar surface area (TPSA) is 55.8 Å². The van der Waals surface area contributed by atoms with Gasteiger partial charge < -0.3 is 14.4 Å². The molecule has 0 radical (unpaired) electrons. The smallest absolute Gasteiger partial charge is 0.316 e. The third kappa shape index (κ3) is 3.36. The van der Waals surface area contributed by atoms with Crippen molar-refractivity contribution < 1.29 is 19.1 Å². The first-order chi connectivity index (χ1) is 11.6. The first-order valence-electron chi connectivity index (χ1n) is 7.49. The normalized spacial score (nSPS) is 17.0. The van der Waals surface area contributed by atoms with Gasteiger partial charge in [0, 0.05) is 23.7 Å². The lowest BCUT2D eigenvalue weighted by atomic mass is 10.1. The highest BCUT2D eigenvalue weighted by molar-refractivity contribution is 6.30. The van der Waals surface area contributed by atoms with E-state index in [1.54, 1.807) is 53.4 Å². The van der Waals surface area contributed by atoms with Crippen LogP contribution in [0.3, 0.4) is 0 Å². The Hall–Kier alpha value is -2.53. The second-order valence-electron chi connectivity index (χ2n) is 5.45. The fourth-order valence-electron chi connectivity index (χ4n) is 2.63. The summed E-state index contributed by atoms with van der Waals surface area (Å²) in [5.41, 5.74) is 0.719. The zero-order chi connectivity index (χ0) is 17.1. The summed E-state index contributed by atoms with van der Waals surface area (Å²) >= 11 is 5.86. The minimum atomic E-state index is -0.516. The van der Waals surface area contributed by atoms with Gasteiger partial charge in [-0.3, -0.25) is 9.59 Å². The number of ether oxygens (including phenoxy) is 2. The first-order valence-corrected chi connectivity index (χ1v) is 7.87. The van der Waals surface area contributed by atoms with Gasteiger partial charge in [0.25, 0.3) is 0 Å². The maximum Gasteiger partial charge on any atom is 0.316 e. The largest absolute Gasteiger partial charge is 0.493 e. The highest BCUT2D eigenvalue weighted by Gasteiger charge is 2.36. The second-order valence-corrected chi connectivity index (χ2v) is 5.89. The van der Waals surface area contributed by atoms with Crippen LogP contribution in [0.4, 0.5) is 5.69 Å². The van der Waals surface area contributed by atoms with Crippen LogP contribution in [0, 0.1) is 5.92 Å². The zero-order valence-corrected chi connectivity index (χ0v) is 13.8. The SMILES string of the molecule is COc1ccccc1OC(=O)[C@@H]1CC(=O)N(c2ccc(Cl)cc2)C1. The molecule has 1 heterocycles. The van der Waals surface area contributed by atoms with Crippen LogP contribution in [-0.4, -0.2) is 25.5 Å². The van der Waals surface area contributed by atoms with Gasteiger partial charge in [0.2, 0.25) is 5.91 Å². The molecule has 1 saturated heterocycles. The van der Waals surface area contributed by atoms with Crippen LogP contribution >= 0.6 is 11.6 Å². The Morgan fingerprint density at radius 2 is 1.79 bits per heavy atom. The second kappa shape index (κ2) is 6.93. The Morgan fingerprint density at radius 3 is 2.46 bits per heavy atom. The van der Waals surface area contributed by atoms with Gasteiger partial charge in [0.1, 0.15) is 0 Å². The molecule has 5 nitrogen and oxygen atoms in total. The van der Waals surface area contributed by atoms with Gasteiger partial charge in [-0.2, -0.15) is 0 Å². The van der Waals surface area contributed by atoms with Crippen molar-refractivity contribution in [2.75, 3.05) is 18.6 Å². The molecule has 124 valence electrons. The van der Waals surface area contributed by atoms with Crippen molar-refractivity contribution in [1.82, 2.24) is 0 Å². The zero-order valence-electron chi connectivity index (χ0n) is 13.1. The van der Waals surface area contributed by atoms with Gasteiger partial charge >= 0.3 is 5.97 Å². The fourth-order valence-corrected chi connectivity index (χ4v) is 2.76. The average molecular weight is 346 g/mol. The van der Waals surface area contributed by atoms with E-state index in [0.29, 0.717) is 16.5 Å². The molecule has 1 atom stereocenters. The van der Waals surface area contributed by atoms with Crippen LogP contribution in [-0.2, 0) is 9.59 Å². The van der Waals surface area contributed by atoms with Gasteiger partial charge in [-0.05, 0) is 36.4 Å². The van der Waals surface area contributed by atoms with E-state index in [2.05, 4.69) is 0 Å². The van der Waals surface area contributed by atoms with E-state index >= 15 is 0 Å². The molecule has 1 aliphatic heterocycles. The van der Waals surface area contributed by atoms with E-state index in [1.165, 1.54) is 7.11 Å². The minimum absolute atomic E-state index is 0.112. The van der Waals surface area contributed by atoms with Gasteiger partial charge in [-0.1, -0.05) is 23.7 Å². The first kappa shape index (κ1) is 16.3. The molecule has 24 heavy (non-hydrogen) atoms. The minimum Gasteiger partial charge on any atom is -0.493 e. The molecule has 0 N–H and O–H groups in total. The highest BCUT2D eigenvalue weighted by atomic mass is 35.5. The third-order valence-corrected chi connectivity index (χ3v) is 4.13. The molecule has 2 aromatic carbocycles. The van der Waals surface area contributed by atoms with E-state index in [4.69, 9.17) is 21.1 Å². The summed E-state index contributed by atoms with van der Waals surface area (Å²) in [6.07, 6.45) is 0.122. The molecule has 6 heteroatoms. The van der Waals surface area contributed by atoms with Crippen LogP contribution in [0.2, 0.25) is 5.02 Å². The number of anilines is 1. The summed E-state index contributed by atoms with van der Waals surface area (Å²) in [4.78, 5) is 26.2. The van der Waals surface area contributed by atoms with Crippen LogP contribution in [0.5, 0.6) is 11.5 Å². The summed E-state index contributed by atoms with van der Waals surface area (Å²) in [6, 6.07) is 13.9. The third-order valence-electron chi connectivity index (χ3n) is 3.88. The number of benzene rings is 2. The predicted molar refractivity (Wildman–Crippen MR) is 90.5 cm³/mol. The van der Waals surface area contributed by atoms with Crippen LogP contribution in [0.15, 0.2) is 48.5 Å². The number of methoxy groups -OCH3 is 1.